The second-order valence-corrected chi connectivity index (χ2v) is 13.0. The minimum Gasteiger partial charge on any atom is -0.371 e. The smallest absolute Gasteiger partial charge is 0.371 e. The highest BCUT2D eigenvalue weighted by Crippen LogP contribution is 2.39. The van der Waals surface area contributed by atoms with E-state index in [0.717, 1.165) is 0 Å². The van der Waals surface area contributed by atoms with Crippen LogP contribution < -0.4 is 20.9 Å². The molecule has 0 unspecified atom stereocenters. The molecule has 16 heteroatoms. The lowest BCUT2D eigenvalue weighted by molar-refractivity contribution is -0.179. The number of halogens is 8. The standard InChI is InChI=1S/C30H34Cl2F6N6O2/c1-28(2,3)26(46)40-15-16-5-6-19(31)24(23(16)32)42-27-41-20-13-18(25(45)39-10-9-29(33,34)35)21(14-22(20)43(27)4)44-11-7-17(8-12-44)30(36,37)38/h5-6,13-14,17H,7-12,15H2,1-4H3,(H,39,45)(H,40,46)(H,41,42). The van der Waals surface area contributed by atoms with Crippen molar-refractivity contribution >= 4 is 63.4 Å². The van der Waals surface area contributed by atoms with E-state index in [2.05, 4.69) is 20.9 Å². The van der Waals surface area contributed by atoms with Crippen LogP contribution in [0.15, 0.2) is 24.3 Å². The number of hydrogen-bond acceptors (Lipinski definition) is 5. The fraction of sp³-hybridized carbons (Fsp3) is 0.500. The van der Waals surface area contributed by atoms with Gasteiger partial charge >= 0.3 is 12.4 Å². The number of aryl methyl sites for hydroxylation is 1. The number of fused-ring (bicyclic) bond motifs is 1. The van der Waals surface area contributed by atoms with Gasteiger partial charge in [0.05, 0.1) is 50.4 Å². The van der Waals surface area contributed by atoms with Crippen LogP contribution in [0.1, 0.15) is 56.0 Å². The highest BCUT2D eigenvalue weighted by molar-refractivity contribution is 6.39. The molecule has 3 N–H and O–H groups in total. The molecule has 4 rings (SSSR count). The minimum absolute atomic E-state index is 0.00870. The van der Waals surface area contributed by atoms with E-state index in [1.54, 1.807) is 55.5 Å². The molecule has 0 aliphatic carbocycles. The number of rotatable bonds is 8. The first-order valence-corrected chi connectivity index (χ1v) is 15.2. The van der Waals surface area contributed by atoms with E-state index in [0.29, 0.717) is 22.3 Å². The van der Waals surface area contributed by atoms with Crippen LogP contribution in [0, 0.1) is 11.3 Å². The van der Waals surface area contributed by atoms with E-state index in [-0.39, 0.29) is 65.6 Å². The topological polar surface area (TPSA) is 91.3 Å². The van der Waals surface area contributed by atoms with E-state index in [1.807, 2.05) is 0 Å². The van der Waals surface area contributed by atoms with Gasteiger partial charge in [0.25, 0.3) is 5.91 Å². The fourth-order valence-corrected chi connectivity index (χ4v) is 5.57. The molecule has 1 aromatic heterocycles. The molecule has 0 atom stereocenters. The zero-order valence-electron chi connectivity index (χ0n) is 25.5. The number of aromatic nitrogens is 2. The van der Waals surface area contributed by atoms with Crippen LogP contribution in [-0.2, 0) is 18.4 Å². The number of benzene rings is 2. The number of imidazole rings is 1. The maximum absolute atomic E-state index is 13.3. The summed E-state index contributed by atoms with van der Waals surface area (Å²) in [5, 5.41) is 8.66. The molecule has 0 radical (unpaired) electrons. The van der Waals surface area contributed by atoms with Crippen molar-refractivity contribution in [2.75, 3.05) is 29.9 Å². The largest absolute Gasteiger partial charge is 0.391 e. The van der Waals surface area contributed by atoms with Gasteiger partial charge in [0.2, 0.25) is 11.9 Å². The summed E-state index contributed by atoms with van der Waals surface area (Å²) >= 11 is 13.1. The van der Waals surface area contributed by atoms with E-state index in [1.165, 1.54) is 6.07 Å². The molecule has 2 aromatic carbocycles. The molecule has 0 spiro atoms. The van der Waals surface area contributed by atoms with Gasteiger partial charge in [-0.2, -0.15) is 26.3 Å². The fourth-order valence-electron chi connectivity index (χ4n) is 5.04. The third-order valence-electron chi connectivity index (χ3n) is 7.76. The van der Waals surface area contributed by atoms with Crippen molar-refractivity contribution in [1.29, 1.82) is 0 Å². The second-order valence-electron chi connectivity index (χ2n) is 12.2. The predicted octanol–water partition coefficient (Wildman–Crippen LogP) is 7.75. The molecule has 2 heterocycles. The van der Waals surface area contributed by atoms with Gasteiger partial charge in [-0.1, -0.05) is 50.0 Å². The van der Waals surface area contributed by atoms with Gasteiger partial charge in [-0.05, 0) is 36.6 Å². The summed E-state index contributed by atoms with van der Waals surface area (Å²) in [5.74, 6) is -2.24. The number of carbonyl (C=O) groups is 2. The molecule has 1 fully saturated rings. The molecule has 0 bridgehead atoms. The third kappa shape index (κ3) is 8.30. The van der Waals surface area contributed by atoms with E-state index >= 15 is 0 Å². The average molecular weight is 696 g/mol. The van der Waals surface area contributed by atoms with Crippen LogP contribution in [0.4, 0.5) is 43.7 Å². The molecular formula is C30H34Cl2F6N6O2. The van der Waals surface area contributed by atoms with Crippen LogP contribution in [0.25, 0.3) is 11.0 Å². The predicted molar refractivity (Wildman–Crippen MR) is 166 cm³/mol. The minimum atomic E-state index is -4.49. The molecule has 3 aromatic rings. The monoisotopic (exact) mass is 694 g/mol. The molecular weight excluding hydrogens is 661 g/mol. The first-order chi connectivity index (χ1) is 21.3. The molecule has 1 aliphatic heterocycles. The SMILES string of the molecule is Cn1c(Nc2c(Cl)ccc(CNC(=O)C(C)(C)C)c2Cl)nc2cc(C(=O)NCCC(F)(F)F)c(N3CCC(C(F)(F)F)CC3)cc21. The van der Waals surface area contributed by atoms with Crippen molar-refractivity contribution in [3.05, 3.63) is 45.4 Å². The maximum Gasteiger partial charge on any atom is 0.391 e. The van der Waals surface area contributed by atoms with Crippen molar-refractivity contribution in [2.45, 2.75) is 58.9 Å². The van der Waals surface area contributed by atoms with Gasteiger partial charge in [0, 0.05) is 38.6 Å². The van der Waals surface area contributed by atoms with Crippen molar-refractivity contribution in [2.24, 2.45) is 18.4 Å². The Morgan fingerprint density at radius 1 is 1.00 bits per heavy atom. The van der Waals surface area contributed by atoms with Crippen molar-refractivity contribution in [3.8, 4) is 0 Å². The average Bonchev–Trinajstić information content (AvgIpc) is 3.26. The number of carbonyl (C=O) groups excluding carboxylic acids is 2. The Labute approximate surface area is 271 Å². The lowest BCUT2D eigenvalue weighted by Gasteiger charge is -2.35. The molecule has 46 heavy (non-hydrogen) atoms. The van der Waals surface area contributed by atoms with Gasteiger partial charge in [0.15, 0.2) is 0 Å². The highest BCUT2D eigenvalue weighted by Gasteiger charge is 2.41. The molecule has 2 amide bonds. The zero-order chi connectivity index (χ0) is 34.2. The zero-order valence-corrected chi connectivity index (χ0v) is 27.0. The molecule has 1 saturated heterocycles. The van der Waals surface area contributed by atoms with Crippen LogP contribution >= 0.6 is 23.2 Å². The van der Waals surface area contributed by atoms with Crippen LogP contribution in [0.3, 0.4) is 0 Å². The number of amides is 2. The number of piperidine rings is 1. The Hall–Kier alpha value is -3.39. The normalized spacial score (nSPS) is 14.9. The van der Waals surface area contributed by atoms with Crippen LogP contribution in [0.5, 0.6) is 0 Å². The Morgan fingerprint density at radius 3 is 2.24 bits per heavy atom. The summed E-state index contributed by atoms with van der Waals surface area (Å²) in [6.45, 7) is 4.77. The Kier molecular flexibility index (Phi) is 10.3. The molecule has 8 nitrogen and oxygen atoms in total. The summed E-state index contributed by atoms with van der Waals surface area (Å²) in [5.41, 5.74) is 1.30. The van der Waals surface area contributed by atoms with E-state index in [9.17, 15) is 35.9 Å². The molecule has 1 aliphatic rings. The number of alkyl halides is 6. The summed E-state index contributed by atoms with van der Waals surface area (Å²) in [6, 6.07) is 6.26. The number of hydrogen-bond donors (Lipinski definition) is 3. The summed E-state index contributed by atoms with van der Waals surface area (Å²) in [4.78, 5) is 31.7. The summed E-state index contributed by atoms with van der Waals surface area (Å²) < 4.78 is 79.9. The number of nitrogens with one attached hydrogen (secondary N) is 3. The van der Waals surface area contributed by atoms with Crippen molar-refractivity contribution in [3.63, 3.8) is 0 Å². The van der Waals surface area contributed by atoms with Crippen LogP contribution in [-0.4, -0.2) is 53.4 Å². The number of nitrogens with zero attached hydrogens (tertiary/aromatic N) is 3. The quantitative estimate of drug-likeness (QED) is 0.210. The first kappa shape index (κ1) is 35.5. The Bertz CT molecular complexity index is 1610. The van der Waals surface area contributed by atoms with Gasteiger partial charge in [0.1, 0.15) is 0 Å². The highest BCUT2D eigenvalue weighted by atomic mass is 35.5. The van der Waals surface area contributed by atoms with Gasteiger partial charge in [-0.3, -0.25) is 9.59 Å². The first-order valence-electron chi connectivity index (χ1n) is 14.5. The second kappa shape index (κ2) is 13.4. The van der Waals surface area contributed by atoms with Crippen LogP contribution in [0.2, 0.25) is 10.0 Å². The molecule has 252 valence electrons. The van der Waals surface area contributed by atoms with Crippen molar-refractivity contribution in [1.82, 2.24) is 20.2 Å². The van der Waals surface area contributed by atoms with E-state index < -0.39 is 42.6 Å². The maximum atomic E-state index is 13.3. The summed E-state index contributed by atoms with van der Waals surface area (Å²) in [6.07, 6.45) is -10.5. The van der Waals surface area contributed by atoms with Gasteiger partial charge < -0.3 is 25.4 Å². The van der Waals surface area contributed by atoms with Gasteiger partial charge in [-0.15, -0.1) is 0 Å². The number of anilines is 3. The lowest BCUT2D eigenvalue weighted by atomic mass is 9.95. The third-order valence-corrected chi connectivity index (χ3v) is 8.51. The van der Waals surface area contributed by atoms with E-state index in [4.69, 9.17) is 23.2 Å². The summed E-state index contributed by atoms with van der Waals surface area (Å²) in [7, 11) is 1.66. The Balaban J connectivity index is 1.68. The van der Waals surface area contributed by atoms with Crippen molar-refractivity contribution < 1.29 is 35.9 Å². The lowest BCUT2D eigenvalue weighted by Crippen LogP contribution is -2.40. The Morgan fingerprint density at radius 2 is 1.65 bits per heavy atom. The van der Waals surface area contributed by atoms with Gasteiger partial charge in [-0.25, -0.2) is 4.98 Å². The molecule has 0 saturated carbocycles.